The lowest BCUT2D eigenvalue weighted by atomic mass is 9.43. The van der Waals surface area contributed by atoms with Crippen LogP contribution in [0, 0.1) is 5.92 Å². The van der Waals surface area contributed by atoms with E-state index in [9.17, 15) is 9.59 Å². The number of aromatic nitrogens is 2. The summed E-state index contributed by atoms with van der Waals surface area (Å²) in [7, 11) is 0. The molecule has 9 heteroatoms. The van der Waals surface area contributed by atoms with Gasteiger partial charge in [-0.2, -0.15) is 12.6 Å². The normalized spacial score (nSPS) is 19.5. The second kappa shape index (κ2) is 11.7. The van der Waals surface area contributed by atoms with Crippen molar-refractivity contribution in [2.75, 3.05) is 0 Å². The maximum Gasteiger partial charge on any atom is 0.321 e. The van der Waals surface area contributed by atoms with Gasteiger partial charge in [0.15, 0.2) is 0 Å². The van der Waals surface area contributed by atoms with E-state index in [1.807, 2.05) is 37.3 Å². The minimum atomic E-state index is -0.756. The van der Waals surface area contributed by atoms with E-state index in [0.29, 0.717) is 29.6 Å². The number of hydrogen-bond donors (Lipinski definition) is 3. The van der Waals surface area contributed by atoms with Gasteiger partial charge in [-0.1, -0.05) is 51.1 Å². The van der Waals surface area contributed by atoms with E-state index >= 15 is 0 Å². The molecular formula is C24H33BN4O3S. The Bertz CT molecular complexity index is 929. The van der Waals surface area contributed by atoms with Crippen LogP contribution in [0.15, 0.2) is 42.7 Å². The van der Waals surface area contributed by atoms with Crippen molar-refractivity contribution in [2.45, 2.75) is 70.2 Å². The summed E-state index contributed by atoms with van der Waals surface area (Å²) in [4.78, 5) is 34.6. The summed E-state index contributed by atoms with van der Waals surface area (Å²) in [5.74, 6) is 0.403. The van der Waals surface area contributed by atoms with Gasteiger partial charge < -0.3 is 15.3 Å². The molecule has 2 heterocycles. The van der Waals surface area contributed by atoms with Crippen molar-refractivity contribution in [3.8, 4) is 0 Å². The standard InChI is InChI=1S/C24H33BN4O3S/c1-15(2)10-22(25-16(3)17(4)32-25)29-23(30)20(11-18-8-6-5-7-9-18)28-24(31)21-13-26-19(14-33)12-27-21/h5-9,12-13,15-17,20,22,33H,10-11,14H2,1-4H3,(H,28,31)(H,29,30)/t16?,17?,20-,22-/m0/s1. The molecule has 2 amide bonds. The van der Waals surface area contributed by atoms with E-state index in [2.05, 4.69) is 54.0 Å². The van der Waals surface area contributed by atoms with Gasteiger partial charge in [-0.15, -0.1) is 0 Å². The highest BCUT2D eigenvalue weighted by Gasteiger charge is 2.46. The minimum Gasteiger partial charge on any atom is -0.431 e. The van der Waals surface area contributed by atoms with Crippen molar-refractivity contribution in [1.82, 2.24) is 20.6 Å². The Morgan fingerprint density at radius 1 is 1.12 bits per heavy atom. The molecule has 4 atom stereocenters. The molecule has 0 saturated carbocycles. The van der Waals surface area contributed by atoms with Crippen molar-refractivity contribution >= 4 is 31.4 Å². The van der Waals surface area contributed by atoms with Gasteiger partial charge >= 0.3 is 6.92 Å². The molecule has 176 valence electrons. The van der Waals surface area contributed by atoms with Gasteiger partial charge in [-0.3, -0.25) is 14.6 Å². The summed E-state index contributed by atoms with van der Waals surface area (Å²) < 4.78 is 5.96. The van der Waals surface area contributed by atoms with E-state index in [4.69, 9.17) is 4.65 Å². The monoisotopic (exact) mass is 468 g/mol. The maximum atomic E-state index is 13.4. The first-order valence-electron chi connectivity index (χ1n) is 11.5. The average Bonchev–Trinajstić information content (AvgIpc) is 2.81. The molecule has 1 saturated heterocycles. The topological polar surface area (TPSA) is 93.2 Å². The number of benzene rings is 1. The molecule has 1 aliphatic heterocycles. The minimum absolute atomic E-state index is 0.0286. The molecule has 2 aromatic rings. The van der Waals surface area contributed by atoms with Crippen molar-refractivity contribution in [1.29, 1.82) is 0 Å². The number of rotatable bonds is 10. The smallest absolute Gasteiger partial charge is 0.321 e. The van der Waals surface area contributed by atoms with Crippen LogP contribution in [0.2, 0.25) is 5.82 Å². The fourth-order valence-corrected chi connectivity index (χ4v) is 4.21. The van der Waals surface area contributed by atoms with Gasteiger partial charge in [-0.05, 0) is 30.6 Å². The van der Waals surface area contributed by atoms with Gasteiger partial charge in [0, 0.05) is 24.2 Å². The number of carbonyl (C=O) groups is 2. The number of hydrogen-bond acceptors (Lipinski definition) is 6. The molecule has 1 aliphatic rings. The first kappa shape index (κ1) is 25.2. The summed E-state index contributed by atoms with van der Waals surface area (Å²) in [6, 6.07) is 8.89. The van der Waals surface area contributed by atoms with Crippen molar-refractivity contribution in [3.05, 3.63) is 59.7 Å². The quantitative estimate of drug-likeness (QED) is 0.368. The van der Waals surface area contributed by atoms with Crippen LogP contribution in [0.4, 0.5) is 0 Å². The number of carbonyl (C=O) groups excluding carboxylic acids is 2. The summed E-state index contributed by atoms with van der Waals surface area (Å²) in [5.41, 5.74) is 1.79. The van der Waals surface area contributed by atoms with E-state index < -0.39 is 11.9 Å². The van der Waals surface area contributed by atoms with Crippen LogP contribution >= 0.6 is 12.6 Å². The van der Waals surface area contributed by atoms with Crippen molar-refractivity contribution in [3.63, 3.8) is 0 Å². The summed E-state index contributed by atoms with van der Waals surface area (Å²) in [6.45, 7) is 8.42. The van der Waals surface area contributed by atoms with Gasteiger partial charge in [0.1, 0.15) is 11.7 Å². The Balaban J connectivity index is 1.76. The zero-order valence-corrected chi connectivity index (χ0v) is 20.6. The van der Waals surface area contributed by atoms with Crippen LogP contribution in [0.1, 0.15) is 55.9 Å². The molecular weight excluding hydrogens is 435 g/mol. The lowest BCUT2D eigenvalue weighted by molar-refractivity contribution is -0.123. The third-order valence-electron chi connectivity index (χ3n) is 6.08. The molecule has 2 N–H and O–H groups in total. The Hall–Kier alpha value is -2.39. The number of amides is 2. The largest absolute Gasteiger partial charge is 0.431 e. The van der Waals surface area contributed by atoms with Crippen molar-refractivity contribution < 1.29 is 14.2 Å². The third-order valence-corrected chi connectivity index (χ3v) is 6.41. The Kier molecular flexibility index (Phi) is 8.91. The molecule has 3 rings (SSSR count). The van der Waals surface area contributed by atoms with Gasteiger partial charge in [-0.25, -0.2) is 4.98 Å². The first-order chi connectivity index (χ1) is 15.8. The van der Waals surface area contributed by atoms with E-state index in [0.717, 1.165) is 12.0 Å². The van der Waals surface area contributed by atoms with Crippen LogP contribution in [0.5, 0.6) is 0 Å². The van der Waals surface area contributed by atoms with Crippen LogP contribution in [0.25, 0.3) is 0 Å². The molecule has 0 bridgehead atoms. The molecule has 0 spiro atoms. The van der Waals surface area contributed by atoms with E-state index in [1.54, 1.807) is 0 Å². The highest BCUT2D eigenvalue weighted by Crippen LogP contribution is 2.33. The summed E-state index contributed by atoms with van der Waals surface area (Å²) >= 11 is 4.16. The fraction of sp³-hybridized carbons (Fsp3) is 0.500. The second-order valence-electron chi connectivity index (χ2n) is 9.18. The molecule has 1 fully saturated rings. The highest BCUT2D eigenvalue weighted by molar-refractivity contribution is 7.79. The Labute approximate surface area is 202 Å². The number of thiol groups is 1. The molecule has 0 aliphatic carbocycles. The predicted molar refractivity (Wildman–Crippen MR) is 133 cm³/mol. The van der Waals surface area contributed by atoms with Gasteiger partial charge in [0.2, 0.25) is 5.91 Å². The zero-order valence-electron chi connectivity index (χ0n) is 19.7. The molecule has 7 nitrogen and oxygen atoms in total. The SMILES string of the molecule is CC(C)C[C@H](NC(=O)[C@H](Cc1ccccc1)NC(=O)c1cnc(CS)cn1)B1OC(C)C1C. The van der Waals surface area contributed by atoms with Crippen molar-refractivity contribution in [2.24, 2.45) is 5.92 Å². The first-order valence-corrected chi connectivity index (χ1v) is 12.1. The third kappa shape index (κ3) is 6.80. The molecule has 2 unspecified atom stereocenters. The lowest BCUT2D eigenvalue weighted by Crippen LogP contribution is -2.61. The van der Waals surface area contributed by atoms with Crippen LogP contribution in [-0.4, -0.2) is 46.8 Å². The van der Waals surface area contributed by atoms with Gasteiger partial charge in [0.25, 0.3) is 5.91 Å². The Morgan fingerprint density at radius 2 is 1.85 bits per heavy atom. The maximum absolute atomic E-state index is 13.4. The number of nitrogens with zero attached hydrogens (tertiary/aromatic N) is 2. The highest BCUT2D eigenvalue weighted by atomic mass is 32.1. The van der Waals surface area contributed by atoms with Crippen LogP contribution in [0.3, 0.4) is 0 Å². The van der Waals surface area contributed by atoms with Crippen LogP contribution < -0.4 is 10.6 Å². The molecule has 1 aromatic carbocycles. The van der Waals surface area contributed by atoms with Crippen LogP contribution in [-0.2, 0) is 21.6 Å². The molecule has 1 aromatic heterocycles. The number of nitrogens with one attached hydrogen (secondary N) is 2. The average molecular weight is 468 g/mol. The van der Waals surface area contributed by atoms with Gasteiger partial charge in [0.05, 0.1) is 18.1 Å². The van der Waals surface area contributed by atoms with E-state index in [1.165, 1.54) is 12.4 Å². The molecule has 0 radical (unpaired) electrons. The predicted octanol–water partition coefficient (Wildman–Crippen LogP) is 3.12. The second-order valence-corrected chi connectivity index (χ2v) is 9.49. The Morgan fingerprint density at radius 3 is 2.39 bits per heavy atom. The lowest BCUT2D eigenvalue weighted by Gasteiger charge is -2.43. The zero-order chi connectivity index (χ0) is 24.0. The molecule has 33 heavy (non-hydrogen) atoms. The van der Waals surface area contributed by atoms with E-state index in [-0.39, 0.29) is 30.6 Å². The summed E-state index contributed by atoms with van der Waals surface area (Å²) in [5, 5.41) is 6.03. The fourth-order valence-electron chi connectivity index (χ4n) is 4.05. The summed E-state index contributed by atoms with van der Waals surface area (Å²) in [6.07, 6.45) is 4.28.